The minimum absolute atomic E-state index is 0.0149. The Balaban J connectivity index is 1.82. The van der Waals surface area contributed by atoms with Gasteiger partial charge in [0.05, 0.1) is 12.0 Å². The van der Waals surface area contributed by atoms with Crippen molar-refractivity contribution in [2.75, 3.05) is 0 Å². The van der Waals surface area contributed by atoms with Gasteiger partial charge in [-0.05, 0) is 25.0 Å². The number of aliphatic carboxylic acids is 1. The Hall–Kier alpha value is -2.30. The van der Waals surface area contributed by atoms with Gasteiger partial charge in [0, 0.05) is 10.9 Å². The van der Waals surface area contributed by atoms with Crippen molar-refractivity contribution in [2.45, 2.75) is 37.6 Å². The molecule has 110 valence electrons. The number of aromatic amines is 1. The third-order valence-electron chi connectivity index (χ3n) is 4.20. The number of hydrogen-bond acceptors (Lipinski definition) is 2. The van der Waals surface area contributed by atoms with Crippen molar-refractivity contribution in [3.8, 4) is 0 Å². The normalized spacial score (nSPS) is 17.0. The van der Waals surface area contributed by atoms with Gasteiger partial charge in [-0.15, -0.1) is 0 Å². The Labute approximate surface area is 122 Å². The molecule has 1 aromatic carbocycles. The van der Waals surface area contributed by atoms with Crippen molar-refractivity contribution in [1.29, 1.82) is 0 Å². The summed E-state index contributed by atoms with van der Waals surface area (Å²) in [5.41, 5.74) is 0.787. The highest BCUT2D eigenvalue weighted by Gasteiger charge is 2.37. The first-order valence-electron chi connectivity index (χ1n) is 7.20. The molecule has 1 saturated carbocycles. The highest BCUT2D eigenvalue weighted by molar-refractivity contribution is 5.98. The van der Waals surface area contributed by atoms with E-state index >= 15 is 0 Å². The highest BCUT2D eigenvalue weighted by atomic mass is 16.4. The third-order valence-corrected chi connectivity index (χ3v) is 4.20. The Morgan fingerprint density at radius 1 is 1.24 bits per heavy atom. The molecule has 0 atom stereocenters. The summed E-state index contributed by atoms with van der Waals surface area (Å²) in [6.07, 6.45) is 3.36. The van der Waals surface area contributed by atoms with Crippen LogP contribution in [0.2, 0.25) is 0 Å². The summed E-state index contributed by atoms with van der Waals surface area (Å²) in [6.45, 7) is 0. The van der Waals surface area contributed by atoms with Gasteiger partial charge in [-0.2, -0.15) is 0 Å². The van der Waals surface area contributed by atoms with Crippen molar-refractivity contribution in [3.63, 3.8) is 0 Å². The highest BCUT2D eigenvalue weighted by Crippen LogP contribution is 2.33. The Kier molecular flexibility index (Phi) is 3.41. The molecule has 21 heavy (non-hydrogen) atoms. The number of benzene rings is 1. The average molecular weight is 286 g/mol. The summed E-state index contributed by atoms with van der Waals surface area (Å²) in [6, 6.07) is 9.47. The van der Waals surface area contributed by atoms with Crippen LogP contribution in [0.5, 0.6) is 0 Å². The number of aromatic nitrogens is 1. The molecule has 1 heterocycles. The lowest BCUT2D eigenvalue weighted by atomic mass is 9.93. The molecular weight excluding hydrogens is 268 g/mol. The number of H-pyrrole nitrogens is 1. The van der Waals surface area contributed by atoms with Crippen LogP contribution in [-0.4, -0.2) is 27.5 Å². The van der Waals surface area contributed by atoms with E-state index in [-0.39, 0.29) is 12.3 Å². The molecule has 1 aliphatic carbocycles. The van der Waals surface area contributed by atoms with Gasteiger partial charge in [0.1, 0.15) is 5.69 Å². The Morgan fingerprint density at radius 3 is 2.62 bits per heavy atom. The van der Waals surface area contributed by atoms with Crippen LogP contribution < -0.4 is 5.32 Å². The molecule has 5 heteroatoms. The molecule has 5 nitrogen and oxygen atoms in total. The van der Waals surface area contributed by atoms with Crippen LogP contribution in [0.3, 0.4) is 0 Å². The van der Waals surface area contributed by atoms with Crippen LogP contribution in [0.4, 0.5) is 0 Å². The van der Waals surface area contributed by atoms with Gasteiger partial charge in [0.2, 0.25) is 0 Å². The van der Waals surface area contributed by atoms with E-state index < -0.39 is 11.5 Å². The second-order valence-corrected chi connectivity index (χ2v) is 5.78. The summed E-state index contributed by atoms with van der Waals surface area (Å²) in [4.78, 5) is 26.6. The maximum atomic E-state index is 12.4. The molecule has 1 aliphatic rings. The molecule has 1 aromatic heterocycles. The number of rotatable bonds is 4. The molecule has 1 fully saturated rings. The molecule has 1 amide bonds. The maximum absolute atomic E-state index is 12.4. The number of fused-ring (bicyclic) bond motifs is 1. The number of carboxylic acid groups (broad SMARTS) is 1. The van der Waals surface area contributed by atoms with Crippen molar-refractivity contribution < 1.29 is 14.7 Å². The number of para-hydroxylation sites is 1. The van der Waals surface area contributed by atoms with Crippen LogP contribution in [0, 0.1) is 0 Å². The molecule has 0 unspecified atom stereocenters. The quantitative estimate of drug-likeness (QED) is 0.808. The van der Waals surface area contributed by atoms with Gasteiger partial charge < -0.3 is 15.4 Å². The first-order valence-corrected chi connectivity index (χ1v) is 7.20. The van der Waals surface area contributed by atoms with Crippen molar-refractivity contribution in [1.82, 2.24) is 10.3 Å². The van der Waals surface area contributed by atoms with E-state index in [2.05, 4.69) is 10.3 Å². The summed E-state index contributed by atoms with van der Waals surface area (Å²) in [7, 11) is 0. The van der Waals surface area contributed by atoms with E-state index in [4.69, 9.17) is 5.11 Å². The van der Waals surface area contributed by atoms with Crippen molar-refractivity contribution >= 4 is 22.8 Å². The van der Waals surface area contributed by atoms with E-state index in [1.807, 2.05) is 24.3 Å². The molecule has 0 spiro atoms. The summed E-state index contributed by atoms with van der Waals surface area (Å²) >= 11 is 0. The SMILES string of the molecule is O=C(O)CC1(NC(=O)c2cc3ccccc3[nH]2)CCCC1. The average Bonchev–Trinajstić information content (AvgIpc) is 3.04. The lowest BCUT2D eigenvalue weighted by molar-refractivity contribution is -0.138. The smallest absolute Gasteiger partial charge is 0.305 e. The van der Waals surface area contributed by atoms with Crippen LogP contribution in [-0.2, 0) is 4.79 Å². The van der Waals surface area contributed by atoms with E-state index in [0.29, 0.717) is 5.69 Å². The fourth-order valence-electron chi connectivity index (χ4n) is 3.19. The zero-order valence-corrected chi connectivity index (χ0v) is 11.7. The first kappa shape index (κ1) is 13.7. The number of carbonyl (C=O) groups excluding carboxylic acids is 1. The molecule has 0 aliphatic heterocycles. The molecule has 3 N–H and O–H groups in total. The van der Waals surface area contributed by atoms with Crippen molar-refractivity contribution in [2.24, 2.45) is 0 Å². The molecule has 3 rings (SSSR count). The zero-order valence-electron chi connectivity index (χ0n) is 11.7. The van der Waals surface area contributed by atoms with Gasteiger partial charge in [0.15, 0.2) is 0 Å². The Bertz CT molecular complexity index is 651. The first-order chi connectivity index (χ1) is 10.1. The van der Waals surface area contributed by atoms with Crippen LogP contribution in [0.15, 0.2) is 30.3 Å². The van der Waals surface area contributed by atoms with Crippen LogP contribution >= 0.6 is 0 Å². The van der Waals surface area contributed by atoms with Gasteiger partial charge in [-0.1, -0.05) is 31.0 Å². The van der Waals surface area contributed by atoms with E-state index in [0.717, 1.165) is 36.6 Å². The number of amides is 1. The summed E-state index contributed by atoms with van der Waals surface area (Å²) in [5, 5.41) is 13.0. The zero-order chi connectivity index (χ0) is 14.9. The lowest BCUT2D eigenvalue weighted by Gasteiger charge is -2.28. The minimum atomic E-state index is -0.867. The fraction of sp³-hybridized carbons (Fsp3) is 0.375. The van der Waals surface area contributed by atoms with Crippen LogP contribution in [0.25, 0.3) is 10.9 Å². The molecular formula is C16H18N2O3. The number of hydrogen-bond donors (Lipinski definition) is 3. The number of carbonyl (C=O) groups is 2. The predicted octanol–water partition coefficient (Wildman–Crippen LogP) is 2.69. The minimum Gasteiger partial charge on any atom is -0.481 e. The van der Waals surface area contributed by atoms with E-state index in [1.54, 1.807) is 6.07 Å². The number of carboxylic acids is 1. The van der Waals surface area contributed by atoms with Gasteiger partial charge >= 0.3 is 5.97 Å². The molecule has 2 aromatic rings. The lowest BCUT2D eigenvalue weighted by Crippen LogP contribution is -2.47. The van der Waals surface area contributed by atoms with Gasteiger partial charge in [0.25, 0.3) is 5.91 Å². The second kappa shape index (κ2) is 5.24. The largest absolute Gasteiger partial charge is 0.481 e. The van der Waals surface area contributed by atoms with Gasteiger partial charge in [-0.25, -0.2) is 0 Å². The predicted molar refractivity (Wildman–Crippen MR) is 79.2 cm³/mol. The molecule has 0 radical (unpaired) electrons. The van der Waals surface area contributed by atoms with Crippen LogP contribution in [0.1, 0.15) is 42.6 Å². The van der Waals surface area contributed by atoms with Gasteiger partial charge in [-0.3, -0.25) is 9.59 Å². The summed E-state index contributed by atoms with van der Waals surface area (Å²) in [5.74, 6) is -1.09. The maximum Gasteiger partial charge on any atom is 0.305 e. The fourth-order valence-corrected chi connectivity index (χ4v) is 3.19. The standard InChI is InChI=1S/C16H18N2O3/c19-14(20)10-16(7-3-4-8-16)18-15(21)13-9-11-5-1-2-6-12(11)17-13/h1-2,5-6,9,17H,3-4,7-8,10H2,(H,18,21)(H,19,20). The third kappa shape index (κ3) is 2.77. The second-order valence-electron chi connectivity index (χ2n) is 5.78. The topological polar surface area (TPSA) is 82.2 Å². The number of nitrogens with one attached hydrogen (secondary N) is 2. The van der Waals surface area contributed by atoms with Crippen molar-refractivity contribution in [3.05, 3.63) is 36.0 Å². The molecule has 0 saturated heterocycles. The monoisotopic (exact) mass is 286 g/mol. The van der Waals surface area contributed by atoms with E-state index in [9.17, 15) is 9.59 Å². The molecule has 0 bridgehead atoms. The van der Waals surface area contributed by atoms with E-state index in [1.165, 1.54) is 0 Å². The Morgan fingerprint density at radius 2 is 1.95 bits per heavy atom. The summed E-state index contributed by atoms with van der Waals surface area (Å²) < 4.78 is 0.